The molecule has 0 atom stereocenters. The first kappa shape index (κ1) is 13.5. The van der Waals surface area contributed by atoms with Crippen LogP contribution in [0, 0.1) is 0 Å². The van der Waals surface area contributed by atoms with Gasteiger partial charge in [-0.25, -0.2) is 0 Å². The Balaban J connectivity index is 1.87. The lowest BCUT2D eigenvalue weighted by Crippen LogP contribution is -2.19. The molecular weight excluding hydrogens is 268 g/mol. The average Bonchev–Trinajstić information content (AvgIpc) is 3.30. The molecule has 0 unspecified atom stereocenters. The number of benzene rings is 2. The van der Waals surface area contributed by atoms with E-state index in [1.54, 1.807) is 0 Å². The van der Waals surface area contributed by atoms with Crippen LogP contribution >= 0.6 is 11.6 Å². The number of rotatable bonds is 5. The molecule has 1 aliphatic rings. The first-order chi connectivity index (χ1) is 9.74. The van der Waals surface area contributed by atoms with E-state index in [0.717, 1.165) is 17.3 Å². The third kappa shape index (κ3) is 3.14. The van der Waals surface area contributed by atoms with Crippen LogP contribution in [-0.4, -0.2) is 13.1 Å². The summed E-state index contributed by atoms with van der Waals surface area (Å²) in [5.41, 5.74) is 3.62. The first-order valence-corrected chi connectivity index (χ1v) is 7.42. The molecule has 2 aromatic carbocycles. The van der Waals surface area contributed by atoms with Crippen molar-refractivity contribution in [3.63, 3.8) is 0 Å². The maximum atomic E-state index is 6.18. The van der Waals surface area contributed by atoms with Gasteiger partial charge in [-0.3, -0.25) is 0 Å². The largest absolute Gasteiger partial charge is 0.344 e. The van der Waals surface area contributed by atoms with Crippen molar-refractivity contribution in [1.82, 2.24) is 5.32 Å². The summed E-state index contributed by atoms with van der Waals surface area (Å²) in [6.07, 6.45) is 2.61. The van der Waals surface area contributed by atoms with Crippen molar-refractivity contribution >= 4 is 23.0 Å². The van der Waals surface area contributed by atoms with Gasteiger partial charge < -0.3 is 10.2 Å². The second-order valence-electron chi connectivity index (χ2n) is 5.32. The summed E-state index contributed by atoms with van der Waals surface area (Å²) in [5, 5.41) is 4.35. The lowest BCUT2D eigenvalue weighted by molar-refractivity contribution is 0.687. The van der Waals surface area contributed by atoms with Crippen LogP contribution < -0.4 is 10.2 Å². The molecule has 0 bridgehead atoms. The van der Waals surface area contributed by atoms with Crippen molar-refractivity contribution < 1.29 is 0 Å². The molecule has 3 rings (SSSR count). The second-order valence-corrected chi connectivity index (χ2v) is 5.76. The van der Waals surface area contributed by atoms with E-state index in [9.17, 15) is 0 Å². The van der Waals surface area contributed by atoms with E-state index in [1.165, 1.54) is 24.1 Å². The topological polar surface area (TPSA) is 15.3 Å². The fraction of sp³-hybridized carbons (Fsp3) is 0.294. The van der Waals surface area contributed by atoms with Crippen LogP contribution in [-0.2, 0) is 6.54 Å². The summed E-state index contributed by atoms with van der Waals surface area (Å²) in [4.78, 5) is 2.19. The third-order valence-electron chi connectivity index (χ3n) is 3.71. The summed E-state index contributed by atoms with van der Waals surface area (Å²) >= 11 is 6.18. The molecule has 0 amide bonds. The van der Waals surface area contributed by atoms with Crippen LogP contribution in [0.3, 0.4) is 0 Å². The second kappa shape index (κ2) is 5.86. The van der Waals surface area contributed by atoms with Gasteiger partial charge in [-0.15, -0.1) is 0 Å². The van der Waals surface area contributed by atoms with Gasteiger partial charge in [0.15, 0.2) is 0 Å². The standard InChI is InChI=1S/C17H19ClN2/c1-20(16-5-3-2-4-6-16)17-11-14(18)8-7-13(17)12-19-15-9-10-15/h2-8,11,15,19H,9-10,12H2,1H3. The van der Waals surface area contributed by atoms with Crippen molar-refractivity contribution in [2.75, 3.05) is 11.9 Å². The maximum Gasteiger partial charge on any atom is 0.0468 e. The fourth-order valence-corrected chi connectivity index (χ4v) is 2.50. The molecule has 1 N–H and O–H groups in total. The minimum Gasteiger partial charge on any atom is -0.344 e. The van der Waals surface area contributed by atoms with Crippen LogP contribution in [0.1, 0.15) is 18.4 Å². The molecule has 0 heterocycles. The van der Waals surface area contributed by atoms with Gasteiger partial charge in [-0.2, -0.15) is 0 Å². The van der Waals surface area contributed by atoms with Crippen LogP contribution in [0.25, 0.3) is 0 Å². The zero-order chi connectivity index (χ0) is 13.9. The molecule has 0 radical (unpaired) electrons. The van der Waals surface area contributed by atoms with Crippen molar-refractivity contribution in [2.45, 2.75) is 25.4 Å². The van der Waals surface area contributed by atoms with Gasteiger partial charge in [-0.1, -0.05) is 35.9 Å². The molecule has 104 valence electrons. The van der Waals surface area contributed by atoms with Gasteiger partial charge in [0, 0.05) is 36.0 Å². The van der Waals surface area contributed by atoms with Crippen LogP contribution in [0.4, 0.5) is 11.4 Å². The van der Waals surface area contributed by atoms with E-state index in [0.29, 0.717) is 6.04 Å². The minimum absolute atomic E-state index is 0.709. The van der Waals surface area contributed by atoms with Gasteiger partial charge in [0.25, 0.3) is 0 Å². The summed E-state index contributed by atoms with van der Waals surface area (Å²) < 4.78 is 0. The zero-order valence-electron chi connectivity index (χ0n) is 11.6. The van der Waals surface area contributed by atoms with Crippen LogP contribution in [0.15, 0.2) is 48.5 Å². The molecule has 20 heavy (non-hydrogen) atoms. The number of anilines is 2. The number of hydrogen-bond acceptors (Lipinski definition) is 2. The summed E-state index contributed by atoms with van der Waals surface area (Å²) in [6, 6.07) is 17.2. The highest BCUT2D eigenvalue weighted by atomic mass is 35.5. The van der Waals surface area contributed by atoms with Crippen LogP contribution in [0.2, 0.25) is 5.02 Å². The number of hydrogen-bond donors (Lipinski definition) is 1. The Morgan fingerprint density at radius 3 is 2.60 bits per heavy atom. The summed E-state index contributed by atoms with van der Waals surface area (Å²) in [6.45, 7) is 0.897. The molecule has 1 saturated carbocycles. The Hall–Kier alpha value is -1.51. The highest BCUT2D eigenvalue weighted by Gasteiger charge is 2.21. The molecule has 3 heteroatoms. The van der Waals surface area contributed by atoms with Crippen LogP contribution in [0.5, 0.6) is 0 Å². The quantitative estimate of drug-likeness (QED) is 0.878. The third-order valence-corrected chi connectivity index (χ3v) is 3.95. The normalized spacial score (nSPS) is 14.3. The van der Waals surface area contributed by atoms with Crippen molar-refractivity contribution in [1.29, 1.82) is 0 Å². The molecule has 0 aliphatic heterocycles. The van der Waals surface area contributed by atoms with Gasteiger partial charge >= 0.3 is 0 Å². The molecule has 1 aliphatic carbocycles. The summed E-state index contributed by atoms with van der Waals surface area (Å²) in [7, 11) is 2.08. The van der Waals surface area contributed by atoms with E-state index in [2.05, 4.69) is 47.6 Å². The van der Waals surface area contributed by atoms with Gasteiger partial charge in [0.1, 0.15) is 0 Å². The number of para-hydroxylation sites is 1. The Morgan fingerprint density at radius 1 is 1.15 bits per heavy atom. The smallest absolute Gasteiger partial charge is 0.0468 e. The van der Waals surface area contributed by atoms with E-state index in [-0.39, 0.29) is 0 Å². The van der Waals surface area contributed by atoms with E-state index >= 15 is 0 Å². The highest BCUT2D eigenvalue weighted by molar-refractivity contribution is 6.30. The predicted octanol–water partition coefficient (Wildman–Crippen LogP) is 4.36. The van der Waals surface area contributed by atoms with E-state index < -0.39 is 0 Å². The number of nitrogens with one attached hydrogen (secondary N) is 1. The first-order valence-electron chi connectivity index (χ1n) is 7.04. The Bertz CT molecular complexity index is 579. The minimum atomic E-state index is 0.709. The number of nitrogens with zero attached hydrogens (tertiary/aromatic N) is 1. The van der Waals surface area contributed by atoms with Crippen molar-refractivity contribution in [2.24, 2.45) is 0 Å². The summed E-state index contributed by atoms with van der Waals surface area (Å²) in [5.74, 6) is 0. The van der Waals surface area contributed by atoms with Gasteiger partial charge in [0.05, 0.1) is 0 Å². The molecule has 2 aromatic rings. The molecule has 0 aromatic heterocycles. The fourth-order valence-electron chi connectivity index (χ4n) is 2.33. The molecule has 2 nitrogen and oxygen atoms in total. The van der Waals surface area contributed by atoms with E-state index in [1.807, 2.05) is 18.2 Å². The van der Waals surface area contributed by atoms with Gasteiger partial charge in [0.2, 0.25) is 0 Å². The zero-order valence-corrected chi connectivity index (χ0v) is 12.4. The van der Waals surface area contributed by atoms with E-state index in [4.69, 9.17) is 11.6 Å². The molecular formula is C17H19ClN2. The molecule has 0 saturated heterocycles. The van der Waals surface area contributed by atoms with Gasteiger partial charge in [-0.05, 0) is 42.7 Å². The van der Waals surface area contributed by atoms with Crippen molar-refractivity contribution in [3.8, 4) is 0 Å². The Morgan fingerprint density at radius 2 is 1.90 bits per heavy atom. The SMILES string of the molecule is CN(c1ccccc1)c1cc(Cl)ccc1CNC1CC1. The number of halogens is 1. The molecule has 0 spiro atoms. The Labute approximate surface area is 125 Å². The van der Waals surface area contributed by atoms with Crippen molar-refractivity contribution in [3.05, 3.63) is 59.1 Å². The Kier molecular flexibility index (Phi) is 3.95. The monoisotopic (exact) mass is 286 g/mol. The highest BCUT2D eigenvalue weighted by Crippen LogP contribution is 2.30. The lowest BCUT2D eigenvalue weighted by atomic mass is 10.1. The lowest BCUT2D eigenvalue weighted by Gasteiger charge is -2.23. The maximum absolute atomic E-state index is 6.18. The predicted molar refractivity (Wildman–Crippen MR) is 85.8 cm³/mol. The molecule has 1 fully saturated rings. The average molecular weight is 287 g/mol.